The highest BCUT2D eigenvalue weighted by Gasteiger charge is 2.12. The fourth-order valence-corrected chi connectivity index (χ4v) is 4.28. The molecule has 1 aliphatic heterocycles. The zero-order chi connectivity index (χ0) is 22.2. The van der Waals surface area contributed by atoms with Crippen LogP contribution in [0.1, 0.15) is 18.3 Å². The highest BCUT2D eigenvalue weighted by atomic mass is 32.2. The summed E-state index contributed by atoms with van der Waals surface area (Å²) in [7, 11) is 0. The van der Waals surface area contributed by atoms with Gasteiger partial charge in [-0.15, -0.1) is 0 Å². The average Bonchev–Trinajstić information content (AvgIpc) is 2.80. The predicted octanol–water partition coefficient (Wildman–Crippen LogP) is 4.02. The predicted molar refractivity (Wildman–Crippen MR) is 127 cm³/mol. The lowest BCUT2D eigenvalue weighted by atomic mass is 10.1. The first-order chi connectivity index (χ1) is 15.7. The number of nitrogens with one attached hydrogen (secondary N) is 1. The van der Waals surface area contributed by atoms with Crippen LogP contribution in [0.5, 0.6) is 0 Å². The topological polar surface area (TPSA) is 67.4 Å². The molecule has 0 bridgehead atoms. The molecule has 0 atom stereocenters. The molecule has 0 spiro atoms. The van der Waals surface area contributed by atoms with Crippen LogP contribution < -0.4 is 10.2 Å². The maximum atomic E-state index is 11.7. The number of hydrogen-bond donors (Lipinski definition) is 1. The van der Waals surface area contributed by atoms with Gasteiger partial charge in [0.25, 0.3) is 5.91 Å². The van der Waals surface area contributed by atoms with Crippen molar-refractivity contribution < 1.29 is 9.53 Å². The Morgan fingerprint density at radius 1 is 1.16 bits per heavy atom. The smallest absolute Gasteiger partial charge is 0.300 e. The van der Waals surface area contributed by atoms with E-state index in [1.165, 1.54) is 23.0 Å². The van der Waals surface area contributed by atoms with Crippen molar-refractivity contribution in [2.24, 2.45) is 0 Å². The number of nitrogens with zero attached hydrogens (tertiary/aromatic N) is 3. The van der Waals surface area contributed by atoms with Crippen molar-refractivity contribution >= 4 is 29.0 Å². The van der Waals surface area contributed by atoms with Crippen LogP contribution in [0.2, 0.25) is 0 Å². The van der Waals surface area contributed by atoms with Gasteiger partial charge in [0.15, 0.2) is 0 Å². The van der Waals surface area contributed by atoms with Crippen LogP contribution in [0.25, 0.3) is 0 Å². The van der Waals surface area contributed by atoms with Crippen LogP contribution in [0, 0.1) is 11.8 Å². The van der Waals surface area contributed by atoms with Crippen LogP contribution >= 0.6 is 11.8 Å². The molecule has 0 aliphatic carbocycles. The molecule has 0 unspecified atom stereocenters. The molecule has 1 amide bonds. The van der Waals surface area contributed by atoms with Crippen molar-refractivity contribution in [1.29, 1.82) is 0 Å². The number of morpholine rings is 1. The van der Waals surface area contributed by atoms with E-state index in [9.17, 15) is 4.79 Å². The highest BCUT2D eigenvalue weighted by Crippen LogP contribution is 2.28. The summed E-state index contributed by atoms with van der Waals surface area (Å²) in [6, 6.07) is 18.1. The van der Waals surface area contributed by atoms with Crippen LogP contribution in [0.4, 0.5) is 11.4 Å². The third-order valence-electron chi connectivity index (χ3n) is 4.88. The van der Waals surface area contributed by atoms with Gasteiger partial charge in [-0.05, 0) is 54.8 Å². The molecule has 4 rings (SSSR count). The second-order valence-corrected chi connectivity index (χ2v) is 8.31. The maximum absolute atomic E-state index is 11.7. The Morgan fingerprint density at radius 2 is 2.00 bits per heavy atom. The minimum Gasteiger partial charge on any atom is -0.378 e. The van der Waals surface area contributed by atoms with E-state index in [0.717, 1.165) is 42.0 Å². The van der Waals surface area contributed by atoms with E-state index >= 15 is 0 Å². The first-order valence-electron chi connectivity index (χ1n) is 10.4. The minimum absolute atomic E-state index is 0.321. The van der Waals surface area contributed by atoms with E-state index < -0.39 is 0 Å². The molecule has 0 radical (unpaired) electrons. The Morgan fingerprint density at radius 3 is 2.84 bits per heavy atom. The van der Waals surface area contributed by atoms with Gasteiger partial charge in [-0.25, -0.2) is 9.97 Å². The lowest BCUT2D eigenvalue weighted by Gasteiger charge is -2.29. The highest BCUT2D eigenvalue weighted by molar-refractivity contribution is 7.99. The lowest BCUT2D eigenvalue weighted by Crippen LogP contribution is -2.36. The summed E-state index contributed by atoms with van der Waals surface area (Å²) in [5, 5.41) is 3.63. The first-order valence-corrected chi connectivity index (χ1v) is 11.3. The molecular weight excluding hydrogens is 420 g/mol. The molecule has 1 aliphatic rings. The van der Waals surface area contributed by atoms with Crippen LogP contribution in [0.3, 0.4) is 0 Å². The zero-order valence-corrected chi connectivity index (χ0v) is 18.7. The largest absolute Gasteiger partial charge is 0.378 e. The van der Waals surface area contributed by atoms with Gasteiger partial charge >= 0.3 is 0 Å². The molecule has 1 aromatic heterocycles. The van der Waals surface area contributed by atoms with Gasteiger partial charge in [-0.1, -0.05) is 35.9 Å². The summed E-state index contributed by atoms with van der Waals surface area (Å²) in [5.74, 6) is 5.53. The summed E-state index contributed by atoms with van der Waals surface area (Å²) >= 11 is 1.53. The fraction of sp³-hybridized carbons (Fsp3) is 0.240. The number of carbonyl (C=O) groups excluding carboxylic acids is 1. The second-order valence-electron chi connectivity index (χ2n) is 7.22. The van der Waals surface area contributed by atoms with Gasteiger partial charge < -0.3 is 15.0 Å². The monoisotopic (exact) mass is 444 g/mol. The molecule has 6 nitrogen and oxygen atoms in total. The number of benzene rings is 2. The quantitative estimate of drug-likeness (QED) is 0.458. The Kier molecular flexibility index (Phi) is 7.38. The van der Waals surface area contributed by atoms with E-state index in [4.69, 9.17) is 9.72 Å². The Hall–Kier alpha value is -3.34. The van der Waals surface area contributed by atoms with Crippen molar-refractivity contribution in [1.82, 2.24) is 9.97 Å². The molecule has 2 heterocycles. The number of anilines is 2. The van der Waals surface area contributed by atoms with E-state index in [1.54, 1.807) is 13.1 Å². The summed E-state index contributed by atoms with van der Waals surface area (Å²) in [5.41, 5.74) is 3.10. The van der Waals surface area contributed by atoms with Crippen molar-refractivity contribution in [3.05, 3.63) is 72.2 Å². The Labute approximate surface area is 192 Å². The molecule has 7 heteroatoms. The molecule has 1 saturated heterocycles. The van der Waals surface area contributed by atoms with E-state index in [2.05, 4.69) is 51.3 Å². The fourth-order valence-electron chi connectivity index (χ4n) is 3.42. The van der Waals surface area contributed by atoms with Gasteiger partial charge in [-0.3, -0.25) is 4.79 Å². The van der Waals surface area contributed by atoms with Gasteiger partial charge in [-0.2, -0.15) is 0 Å². The molecule has 1 N–H and O–H groups in total. The number of carbonyl (C=O) groups is 1. The minimum atomic E-state index is -0.321. The average molecular weight is 445 g/mol. The number of ether oxygens (including phenoxy) is 1. The molecule has 0 saturated carbocycles. The summed E-state index contributed by atoms with van der Waals surface area (Å²) in [6.07, 6.45) is 2.46. The zero-order valence-electron chi connectivity index (χ0n) is 17.9. The summed E-state index contributed by atoms with van der Waals surface area (Å²) < 4.78 is 5.46. The maximum Gasteiger partial charge on any atom is 0.300 e. The number of rotatable bonds is 6. The molecular formula is C25H24N4O2S. The Bertz CT molecular complexity index is 1150. The molecule has 2 aromatic carbocycles. The van der Waals surface area contributed by atoms with Crippen LogP contribution in [0.15, 0.2) is 70.7 Å². The van der Waals surface area contributed by atoms with Crippen molar-refractivity contribution in [2.45, 2.75) is 23.3 Å². The normalized spacial score (nSPS) is 13.2. The van der Waals surface area contributed by atoms with Gasteiger partial charge in [0.2, 0.25) is 0 Å². The lowest BCUT2D eigenvalue weighted by molar-refractivity contribution is -0.111. The van der Waals surface area contributed by atoms with Crippen molar-refractivity contribution in [2.75, 3.05) is 36.5 Å². The van der Waals surface area contributed by atoms with E-state index in [-0.39, 0.29) is 5.91 Å². The van der Waals surface area contributed by atoms with E-state index in [0.29, 0.717) is 12.1 Å². The van der Waals surface area contributed by atoms with Gasteiger partial charge in [0.1, 0.15) is 10.9 Å². The summed E-state index contributed by atoms with van der Waals surface area (Å²) in [6.45, 7) is 5.00. The molecule has 162 valence electrons. The second kappa shape index (κ2) is 10.8. The standard InChI is InChI=1S/C25H24N4O2S/c1-2-5-24(30)27-20-7-4-9-22(18-20)32-25-10-11-26-23(28-25)17-19-6-3-8-21(16-19)29-12-14-31-15-13-29/h3-4,6-11,16,18H,12-15,17H2,1H3,(H,27,30). The molecule has 32 heavy (non-hydrogen) atoms. The van der Waals surface area contributed by atoms with E-state index in [1.807, 2.05) is 30.3 Å². The van der Waals surface area contributed by atoms with Gasteiger partial charge in [0, 0.05) is 42.0 Å². The number of amides is 1. The third kappa shape index (κ3) is 6.10. The number of hydrogen-bond acceptors (Lipinski definition) is 6. The van der Waals surface area contributed by atoms with Crippen LogP contribution in [-0.2, 0) is 16.0 Å². The van der Waals surface area contributed by atoms with Crippen LogP contribution in [-0.4, -0.2) is 42.2 Å². The number of aromatic nitrogens is 2. The molecule has 1 fully saturated rings. The SMILES string of the molecule is CC#CC(=O)Nc1cccc(Sc2ccnc(Cc3cccc(N4CCOCC4)c3)n2)c1. The first kappa shape index (κ1) is 21.9. The van der Waals surface area contributed by atoms with Gasteiger partial charge in [0.05, 0.1) is 13.2 Å². The molecule has 3 aromatic rings. The third-order valence-corrected chi connectivity index (χ3v) is 5.81. The van der Waals surface area contributed by atoms with Crippen molar-refractivity contribution in [3.8, 4) is 11.8 Å². The van der Waals surface area contributed by atoms with Crippen molar-refractivity contribution in [3.63, 3.8) is 0 Å². The summed E-state index contributed by atoms with van der Waals surface area (Å²) in [4.78, 5) is 24.2. The Balaban J connectivity index is 1.44.